The summed E-state index contributed by atoms with van der Waals surface area (Å²) in [5.41, 5.74) is 1.40. The molecule has 0 bridgehead atoms. The number of nitrogens with zero attached hydrogens (tertiary/aromatic N) is 1. The molecule has 3 rings (SSSR count). The molecule has 2 aromatic carbocycles. The summed E-state index contributed by atoms with van der Waals surface area (Å²) in [7, 11) is 1.91. The van der Waals surface area contributed by atoms with Crippen LogP contribution in [0.4, 0.5) is 5.69 Å². The molecule has 0 unspecified atom stereocenters. The minimum absolute atomic E-state index is 0.129. The molecule has 0 heterocycles. The first-order chi connectivity index (χ1) is 14.1. The van der Waals surface area contributed by atoms with Gasteiger partial charge in [-0.3, -0.25) is 9.59 Å². The van der Waals surface area contributed by atoms with Crippen LogP contribution in [0.25, 0.3) is 0 Å². The fourth-order valence-electron chi connectivity index (χ4n) is 3.63. The maximum atomic E-state index is 12.9. The smallest absolute Gasteiger partial charge is 0.256 e. The molecule has 154 valence electrons. The van der Waals surface area contributed by atoms with Gasteiger partial charge in [0.15, 0.2) is 0 Å². The van der Waals surface area contributed by atoms with E-state index in [-0.39, 0.29) is 11.8 Å². The summed E-state index contributed by atoms with van der Waals surface area (Å²) >= 11 is 3.04. The van der Waals surface area contributed by atoms with Crippen LogP contribution in [0.1, 0.15) is 42.5 Å². The minimum Gasteiger partial charge on any atom is -0.342 e. The lowest BCUT2D eigenvalue weighted by Crippen LogP contribution is -2.39. The van der Waals surface area contributed by atoms with E-state index in [9.17, 15) is 9.59 Å². The highest BCUT2D eigenvalue weighted by Crippen LogP contribution is 2.28. The number of para-hydroxylation sites is 1. The highest BCUT2D eigenvalue weighted by atomic mass is 32.2. The average Bonchev–Trinajstić information content (AvgIpc) is 2.78. The lowest BCUT2D eigenvalue weighted by molar-refractivity contribution is -0.129. The molecule has 29 heavy (non-hydrogen) atoms. The Morgan fingerprint density at radius 3 is 2.38 bits per heavy atom. The zero-order valence-corrected chi connectivity index (χ0v) is 18.7. The second-order valence-corrected chi connectivity index (χ2v) is 9.10. The van der Waals surface area contributed by atoms with Crippen molar-refractivity contribution in [2.75, 3.05) is 24.4 Å². The monoisotopic (exact) mass is 428 g/mol. The topological polar surface area (TPSA) is 49.4 Å². The van der Waals surface area contributed by atoms with E-state index in [4.69, 9.17) is 0 Å². The number of amides is 2. The number of carbonyl (C=O) groups is 2. The average molecular weight is 429 g/mol. The molecule has 1 aliphatic rings. The maximum Gasteiger partial charge on any atom is 0.256 e. The van der Waals surface area contributed by atoms with Crippen molar-refractivity contribution in [3.8, 4) is 0 Å². The van der Waals surface area contributed by atoms with Crippen molar-refractivity contribution in [1.82, 2.24) is 4.90 Å². The van der Waals surface area contributed by atoms with E-state index < -0.39 is 0 Å². The van der Waals surface area contributed by atoms with Crippen LogP contribution in [0, 0.1) is 0 Å². The Labute approximate surface area is 181 Å². The Kier molecular flexibility index (Phi) is 8.07. The van der Waals surface area contributed by atoms with E-state index in [2.05, 4.69) is 5.32 Å². The van der Waals surface area contributed by atoms with Crippen LogP contribution in [0.2, 0.25) is 0 Å². The van der Waals surface area contributed by atoms with Crippen molar-refractivity contribution >= 4 is 41.0 Å². The minimum atomic E-state index is -0.150. The molecule has 4 nitrogen and oxygen atoms in total. The summed E-state index contributed by atoms with van der Waals surface area (Å²) in [6, 6.07) is 15.6. The Bertz CT molecular complexity index is 850. The maximum absolute atomic E-state index is 12.9. The molecular formula is C23H28N2O2S2. The first-order valence-corrected chi connectivity index (χ1v) is 12.2. The van der Waals surface area contributed by atoms with Crippen molar-refractivity contribution in [3.63, 3.8) is 0 Å². The second kappa shape index (κ2) is 10.7. The van der Waals surface area contributed by atoms with Gasteiger partial charge in [-0.15, -0.1) is 23.5 Å². The van der Waals surface area contributed by atoms with Gasteiger partial charge in [0, 0.05) is 22.9 Å². The summed E-state index contributed by atoms with van der Waals surface area (Å²) in [6.07, 6.45) is 7.87. The standard InChI is InChI=1S/C23H28N2O2S2/c1-25(17-10-4-3-5-11-17)22(26)16-29-20-14-8-6-12-18(20)23(27)24-19-13-7-9-15-21(19)28-2/h6-9,12-15,17H,3-5,10-11,16H2,1-2H3,(H,24,27). The van der Waals surface area contributed by atoms with Crippen molar-refractivity contribution < 1.29 is 9.59 Å². The quantitative estimate of drug-likeness (QED) is 0.588. The van der Waals surface area contributed by atoms with E-state index in [0.29, 0.717) is 17.4 Å². The third-order valence-corrected chi connectivity index (χ3v) is 7.21. The van der Waals surface area contributed by atoms with Gasteiger partial charge >= 0.3 is 0 Å². The molecule has 0 aliphatic heterocycles. The van der Waals surface area contributed by atoms with Gasteiger partial charge in [0.05, 0.1) is 17.0 Å². The predicted molar refractivity (Wildman–Crippen MR) is 123 cm³/mol. The highest BCUT2D eigenvalue weighted by molar-refractivity contribution is 8.00. The summed E-state index contributed by atoms with van der Waals surface area (Å²) in [5.74, 6) is 0.325. The number of benzene rings is 2. The lowest BCUT2D eigenvalue weighted by atomic mass is 9.94. The zero-order chi connectivity index (χ0) is 20.6. The molecule has 1 aliphatic carbocycles. The highest BCUT2D eigenvalue weighted by Gasteiger charge is 2.22. The fraction of sp³-hybridized carbons (Fsp3) is 0.391. The Balaban J connectivity index is 1.65. The number of thioether (sulfide) groups is 2. The molecule has 0 atom stereocenters. The summed E-state index contributed by atoms with van der Waals surface area (Å²) < 4.78 is 0. The molecule has 2 amide bonds. The third-order valence-electron chi connectivity index (χ3n) is 5.35. The first kappa shape index (κ1) is 21.8. The van der Waals surface area contributed by atoms with Crippen LogP contribution in [0.15, 0.2) is 58.3 Å². The fourth-order valence-corrected chi connectivity index (χ4v) is 5.16. The van der Waals surface area contributed by atoms with Crippen LogP contribution in [-0.2, 0) is 4.79 Å². The number of hydrogen-bond donors (Lipinski definition) is 1. The van der Waals surface area contributed by atoms with E-state index in [1.807, 2.05) is 66.7 Å². The summed E-state index contributed by atoms with van der Waals surface area (Å²) in [6.45, 7) is 0. The predicted octanol–water partition coefficient (Wildman–Crippen LogP) is 5.54. The van der Waals surface area contributed by atoms with E-state index in [0.717, 1.165) is 28.3 Å². The molecule has 1 fully saturated rings. The Morgan fingerprint density at radius 2 is 1.66 bits per heavy atom. The number of anilines is 1. The van der Waals surface area contributed by atoms with Gasteiger partial charge in [0.2, 0.25) is 5.91 Å². The van der Waals surface area contributed by atoms with Gasteiger partial charge in [0.25, 0.3) is 5.91 Å². The third kappa shape index (κ3) is 5.80. The van der Waals surface area contributed by atoms with Crippen molar-refractivity contribution in [2.45, 2.75) is 47.9 Å². The summed E-state index contributed by atoms with van der Waals surface area (Å²) in [4.78, 5) is 29.3. The van der Waals surface area contributed by atoms with Crippen LogP contribution in [0.5, 0.6) is 0 Å². The summed E-state index contributed by atoms with van der Waals surface area (Å²) in [5, 5.41) is 3.01. The molecule has 0 radical (unpaired) electrons. The van der Waals surface area contributed by atoms with Crippen LogP contribution < -0.4 is 5.32 Å². The van der Waals surface area contributed by atoms with Crippen molar-refractivity contribution in [3.05, 3.63) is 54.1 Å². The zero-order valence-electron chi connectivity index (χ0n) is 17.0. The molecule has 0 spiro atoms. The first-order valence-electron chi connectivity index (χ1n) is 10.0. The van der Waals surface area contributed by atoms with Gasteiger partial charge in [-0.25, -0.2) is 0 Å². The molecule has 2 aromatic rings. The number of nitrogens with one attached hydrogen (secondary N) is 1. The molecule has 1 N–H and O–H groups in total. The van der Waals surface area contributed by atoms with E-state index in [1.165, 1.54) is 31.0 Å². The van der Waals surface area contributed by atoms with Gasteiger partial charge in [-0.2, -0.15) is 0 Å². The normalized spacial score (nSPS) is 14.4. The SMILES string of the molecule is CSc1ccccc1NC(=O)c1ccccc1SCC(=O)N(C)C1CCCCC1. The van der Waals surface area contributed by atoms with E-state index >= 15 is 0 Å². The Morgan fingerprint density at radius 1 is 1.00 bits per heavy atom. The molecule has 0 aromatic heterocycles. The van der Waals surface area contributed by atoms with Gasteiger partial charge < -0.3 is 10.2 Å². The number of rotatable bonds is 7. The molecule has 1 saturated carbocycles. The van der Waals surface area contributed by atoms with Crippen molar-refractivity contribution in [1.29, 1.82) is 0 Å². The molecule has 0 saturated heterocycles. The van der Waals surface area contributed by atoms with Crippen LogP contribution >= 0.6 is 23.5 Å². The van der Waals surface area contributed by atoms with E-state index in [1.54, 1.807) is 11.8 Å². The second-order valence-electron chi connectivity index (χ2n) is 7.24. The molecule has 6 heteroatoms. The molecular weight excluding hydrogens is 400 g/mol. The van der Waals surface area contributed by atoms with Crippen LogP contribution in [-0.4, -0.2) is 41.8 Å². The van der Waals surface area contributed by atoms with Gasteiger partial charge in [-0.05, 0) is 43.4 Å². The Hall–Kier alpha value is -1.92. The number of carbonyl (C=O) groups excluding carboxylic acids is 2. The number of hydrogen-bond acceptors (Lipinski definition) is 4. The van der Waals surface area contributed by atoms with Gasteiger partial charge in [0.1, 0.15) is 0 Å². The lowest BCUT2D eigenvalue weighted by Gasteiger charge is -2.31. The van der Waals surface area contributed by atoms with Crippen molar-refractivity contribution in [2.24, 2.45) is 0 Å². The largest absolute Gasteiger partial charge is 0.342 e. The van der Waals surface area contributed by atoms with Gasteiger partial charge in [-0.1, -0.05) is 43.5 Å². The van der Waals surface area contributed by atoms with Crippen LogP contribution in [0.3, 0.4) is 0 Å².